The van der Waals surface area contributed by atoms with E-state index in [2.05, 4.69) is 27.4 Å². The third kappa shape index (κ3) is 5.60. The number of aromatic nitrogens is 2. The summed E-state index contributed by atoms with van der Waals surface area (Å²) in [4.78, 5) is 11.9. The summed E-state index contributed by atoms with van der Waals surface area (Å²) in [6.07, 6.45) is 1.71. The highest BCUT2D eigenvalue weighted by Crippen LogP contribution is 2.25. The first-order valence-electron chi connectivity index (χ1n) is 6.62. The number of hydrogen-bond donors (Lipinski definition) is 3. The van der Waals surface area contributed by atoms with Crippen LogP contribution in [0.3, 0.4) is 0 Å². The first-order chi connectivity index (χ1) is 11.4. The third-order valence-electron chi connectivity index (χ3n) is 2.58. The Hall–Kier alpha value is -1.95. The number of nitrogens with zero attached hydrogens (tertiary/aromatic N) is 2. The van der Waals surface area contributed by atoms with Crippen LogP contribution < -0.4 is 15.8 Å². The molecule has 1 heterocycles. The number of carbonyl (C=O) groups excluding carboxylic acids is 1. The number of nitrogens with one attached hydrogen (secondary N) is 2. The fourth-order valence-corrected chi connectivity index (χ4v) is 3.69. The molecule has 0 bridgehead atoms. The lowest BCUT2D eigenvalue weighted by Gasteiger charge is -2.05. The van der Waals surface area contributed by atoms with Crippen LogP contribution in [0, 0.1) is 0 Å². The van der Waals surface area contributed by atoms with Crippen molar-refractivity contribution >= 4 is 49.8 Å². The number of rotatable bonds is 8. The molecular weight excluding hydrogens is 370 g/mol. The molecule has 0 radical (unpaired) electrons. The molecule has 2 aromatic rings. The number of anilines is 2. The van der Waals surface area contributed by atoms with Crippen LogP contribution >= 0.6 is 23.1 Å². The minimum atomic E-state index is -3.81. The van der Waals surface area contributed by atoms with Gasteiger partial charge in [0, 0.05) is 12.2 Å². The molecule has 0 atom stereocenters. The molecule has 0 aliphatic carbocycles. The van der Waals surface area contributed by atoms with Gasteiger partial charge >= 0.3 is 0 Å². The van der Waals surface area contributed by atoms with E-state index in [1.165, 1.54) is 41.3 Å². The maximum atomic E-state index is 11.9. The van der Waals surface area contributed by atoms with E-state index in [0.717, 1.165) is 0 Å². The number of benzene rings is 1. The van der Waals surface area contributed by atoms with Crippen LogP contribution in [0.1, 0.15) is 0 Å². The number of carbonyl (C=O) groups is 1. The lowest BCUT2D eigenvalue weighted by molar-refractivity contribution is -0.113. The van der Waals surface area contributed by atoms with E-state index < -0.39 is 10.0 Å². The average Bonchev–Trinajstić information content (AvgIpc) is 2.98. The quantitative estimate of drug-likeness (QED) is 0.464. The summed E-state index contributed by atoms with van der Waals surface area (Å²) in [5.41, 5.74) is 0.359. The zero-order valence-electron chi connectivity index (χ0n) is 12.4. The Balaban J connectivity index is 1.89. The molecule has 0 unspecified atom stereocenters. The van der Waals surface area contributed by atoms with Crippen molar-refractivity contribution in [3.8, 4) is 0 Å². The van der Waals surface area contributed by atoms with Crippen LogP contribution in [0.2, 0.25) is 0 Å². The second-order valence-electron chi connectivity index (χ2n) is 4.45. The largest absolute Gasteiger partial charge is 0.357 e. The molecule has 0 spiro atoms. The molecule has 1 aromatic heterocycles. The van der Waals surface area contributed by atoms with E-state index >= 15 is 0 Å². The second kappa shape index (κ2) is 8.24. The highest BCUT2D eigenvalue weighted by molar-refractivity contribution is 8.01. The molecule has 0 saturated carbocycles. The molecule has 24 heavy (non-hydrogen) atoms. The molecule has 0 saturated heterocycles. The Morgan fingerprint density at radius 3 is 2.92 bits per heavy atom. The number of primary sulfonamides is 1. The fourth-order valence-electron chi connectivity index (χ4n) is 1.57. The molecule has 2 rings (SSSR count). The van der Waals surface area contributed by atoms with Gasteiger partial charge in [-0.15, -0.1) is 16.8 Å². The van der Waals surface area contributed by atoms with Gasteiger partial charge in [0.25, 0.3) is 0 Å². The van der Waals surface area contributed by atoms with E-state index in [4.69, 9.17) is 5.14 Å². The summed E-state index contributed by atoms with van der Waals surface area (Å²) in [5, 5.41) is 19.2. The Kier molecular flexibility index (Phi) is 6.31. The Morgan fingerprint density at radius 2 is 2.21 bits per heavy atom. The van der Waals surface area contributed by atoms with Crippen LogP contribution in [0.25, 0.3) is 0 Å². The van der Waals surface area contributed by atoms with Crippen molar-refractivity contribution in [3.63, 3.8) is 0 Å². The van der Waals surface area contributed by atoms with Crippen LogP contribution in [0.15, 0.2) is 46.2 Å². The molecule has 4 N–H and O–H groups in total. The van der Waals surface area contributed by atoms with Gasteiger partial charge in [-0.3, -0.25) is 4.79 Å². The van der Waals surface area contributed by atoms with Crippen molar-refractivity contribution in [1.82, 2.24) is 10.2 Å². The number of nitrogens with two attached hydrogens (primary N) is 1. The van der Waals surface area contributed by atoms with Gasteiger partial charge in [-0.1, -0.05) is 35.2 Å². The molecule has 8 nitrogen and oxygen atoms in total. The lowest BCUT2D eigenvalue weighted by Crippen LogP contribution is -2.16. The van der Waals surface area contributed by atoms with E-state index in [9.17, 15) is 13.2 Å². The molecule has 0 fully saturated rings. The minimum Gasteiger partial charge on any atom is -0.357 e. The predicted molar refractivity (Wildman–Crippen MR) is 95.8 cm³/mol. The van der Waals surface area contributed by atoms with Crippen LogP contribution in [0.4, 0.5) is 10.8 Å². The van der Waals surface area contributed by atoms with Crippen molar-refractivity contribution in [2.24, 2.45) is 5.14 Å². The molecule has 11 heteroatoms. The van der Waals surface area contributed by atoms with Gasteiger partial charge in [-0.05, 0) is 18.2 Å². The number of sulfonamides is 1. The van der Waals surface area contributed by atoms with Crippen molar-refractivity contribution < 1.29 is 13.2 Å². The summed E-state index contributed by atoms with van der Waals surface area (Å²) < 4.78 is 23.2. The average molecular weight is 385 g/mol. The van der Waals surface area contributed by atoms with Crippen molar-refractivity contribution in [2.75, 3.05) is 22.9 Å². The van der Waals surface area contributed by atoms with Gasteiger partial charge in [0.05, 0.1) is 10.6 Å². The molecule has 0 aliphatic heterocycles. The monoisotopic (exact) mass is 385 g/mol. The zero-order valence-corrected chi connectivity index (χ0v) is 14.9. The summed E-state index contributed by atoms with van der Waals surface area (Å²) in [5.74, 6) is -0.169. The maximum absolute atomic E-state index is 11.9. The third-order valence-corrected chi connectivity index (χ3v) is 5.50. The molecule has 1 aromatic carbocycles. The summed E-state index contributed by atoms with van der Waals surface area (Å²) in [7, 11) is -3.81. The summed E-state index contributed by atoms with van der Waals surface area (Å²) in [6.45, 7) is 4.18. The summed E-state index contributed by atoms with van der Waals surface area (Å²) >= 11 is 2.57. The molecule has 0 aliphatic rings. The van der Waals surface area contributed by atoms with E-state index in [1.54, 1.807) is 12.1 Å². The smallest absolute Gasteiger partial charge is 0.238 e. The van der Waals surface area contributed by atoms with Crippen molar-refractivity contribution in [3.05, 3.63) is 36.9 Å². The number of thioether (sulfide) groups is 1. The van der Waals surface area contributed by atoms with Crippen LogP contribution in [-0.2, 0) is 14.8 Å². The highest BCUT2D eigenvalue weighted by Gasteiger charge is 2.11. The number of hydrogen-bond acceptors (Lipinski definition) is 8. The number of amides is 1. The van der Waals surface area contributed by atoms with Gasteiger partial charge in [0.15, 0.2) is 4.34 Å². The maximum Gasteiger partial charge on any atom is 0.238 e. The Bertz CT molecular complexity index is 835. The standard InChI is InChI=1S/C13H15N5O3S3/c1-2-6-15-12-17-18-13(23-12)22-8-11(19)16-9-4-3-5-10(7-9)24(14,20)21/h2-5,7H,1,6,8H2,(H,15,17)(H,16,19)(H2,14,20,21). The summed E-state index contributed by atoms with van der Waals surface area (Å²) in [6, 6.07) is 5.75. The van der Waals surface area contributed by atoms with Gasteiger partial charge in [-0.25, -0.2) is 13.6 Å². The Morgan fingerprint density at radius 1 is 1.42 bits per heavy atom. The lowest BCUT2D eigenvalue weighted by atomic mass is 10.3. The predicted octanol–water partition coefficient (Wildman–Crippen LogP) is 1.51. The SMILES string of the molecule is C=CCNc1nnc(SCC(=O)Nc2cccc(S(N)(=O)=O)c2)s1. The van der Waals surface area contributed by atoms with Gasteiger partial charge in [0.2, 0.25) is 21.1 Å². The first kappa shape index (κ1) is 18.4. The van der Waals surface area contributed by atoms with Crippen LogP contribution in [-0.4, -0.2) is 36.8 Å². The Labute approximate surface area is 147 Å². The van der Waals surface area contributed by atoms with Crippen LogP contribution in [0.5, 0.6) is 0 Å². The van der Waals surface area contributed by atoms with E-state index in [1.807, 2.05) is 0 Å². The highest BCUT2D eigenvalue weighted by atomic mass is 32.2. The minimum absolute atomic E-state index is 0.0602. The van der Waals surface area contributed by atoms with Gasteiger partial charge in [-0.2, -0.15) is 0 Å². The fraction of sp³-hybridized carbons (Fsp3) is 0.154. The van der Waals surface area contributed by atoms with Gasteiger partial charge < -0.3 is 10.6 Å². The second-order valence-corrected chi connectivity index (χ2v) is 8.21. The van der Waals surface area contributed by atoms with E-state index in [0.29, 0.717) is 21.7 Å². The topological polar surface area (TPSA) is 127 Å². The normalized spacial score (nSPS) is 11.0. The molecule has 1 amide bonds. The van der Waals surface area contributed by atoms with Gasteiger partial charge in [0.1, 0.15) is 0 Å². The first-order valence-corrected chi connectivity index (χ1v) is 9.97. The van der Waals surface area contributed by atoms with E-state index in [-0.39, 0.29) is 16.6 Å². The molecule has 128 valence electrons. The molecular formula is C13H15N5O3S3. The van der Waals surface area contributed by atoms with Crippen molar-refractivity contribution in [1.29, 1.82) is 0 Å². The van der Waals surface area contributed by atoms with Crippen molar-refractivity contribution in [2.45, 2.75) is 9.24 Å². The zero-order chi connectivity index (χ0) is 17.6.